The van der Waals surface area contributed by atoms with E-state index in [0.717, 1.165) is 19.2 Å². The standard InChI is InChI=1S/C10H9F3O3/c1-16-9(15)8(14)6-4-2-3-5-7(6)10(11,12)13/h2-5,8,14H,1H3/t8-/m1/s1. The SMILES string of the molecule is COC(=O)[C@H](O)c1ccccc1C(F)(F)F. The maximum Gasteiger partial charge on any atom is 0.416 e. The minimum atomic E-state index is -4.62. The minimum Gasteiger partial charge on any atom is -0.467 e. The lowest BCUT2D eigenvalue weighted by atomic mass is 10.0. The van der Waals surface area contributed by atoms with Gasteiger partial charge in [0.1, 0.15) is 0 Å². The van der Waals surface area contributed by atoms with Gasteiger partial charge < -0.3 is 9.84 Å². The van der Waals surface area contributed by atoms with E-state index in [1.165, 1.54) is 12.1 Å². The van der Waals surface area contributed by atoms with Gasteiger partial charge in [0.15, 0.2) is 6.10 Å². The molecular formula is C10H9F3O3. The Balaban J connectivity index is 3.19. The van der Waals surface area contributed by atoms with Crippen LogP contribution in [0.4, 0.5) is 13.2 Å². The maximum absolute atomic E-state index is 12.5. The van der Waals surface area contributed by atoms with Crippen LogP contribution >= 0.6 is 0 Å². The summed E-state index contributed by atoms with van der Waals surface area (Å²) >= 11 is 0. The Kier molecular flexibility index (Phi) is 3.54. The second kappa shape index (κ2) is 4.52. The zero-order valence-electron chi connectivity index (χ0n) is 8.28. The number of hydrogen-bond acceptors (Lipinski definition) is 3. The molecule has 1 N–H and O–H groups in total. The van der Waals surface area contributed by atoms with E-state index in [4.69, 9.17) is 0 Å². The van der Waals surface area contributed by atoms with E-state index in [-0.39, 0.29) is 0 Å². The third-order valence-corrected chi connectivity index (χ3v) is 1.99. The number of methoxy groups -OCH3 is 1. The molecule has 0 aromatic heterocycles. The second-order valence-corrected chi connectivity index (χ2v) is 3.01. The monoisotopic (exact) mass is 234 g/mol. The Labute approximate surface area is 89.5 Å². The van der Waals surface area contributed by atoms with Crippen LogP contribution in [-0.4, -0.2) is 18.2 Å². The highest BCUT2D eigenvalue weighted by molar-refractivity contribution is 5.76. The summed E-state index contributed by atoms with van der Waals surface area (Å²) in [5.74, 6) is -1.13. The van der Waals surface area contributed by atoms with Gasteiger partial charge in [0.05, 0.1) is 12.7 Å². The predicted octanol–water partition coefficient (Wildman–Crippen LogP) is 1.91. The number of benzene rings is 1. The number of rotatable bonds is 2. The van der Waals surface area contributed by atoms with Crippen LogP contribution in [-0.2, 0) is 15.7 Å². The van der Waals surface area contributed by atoms with Crippen LogP contribution < -0.4 is 0 Å². The van der Waals surface area contributed by atoms with Gasteiger partial charge in [0.2, 0.25) is 0 Å². The van der Waals surface area contributed by atoms with Crippen molar-refractivity contribution in [2.24, 2.45) is 0 Å². The topological polar surface area (TPSA) is 46.5 Å². The number of ether oxygens (including phenoxy) is 1. The van der Waals surface area contributed by atoms with Gasteiger partial charge in [-0.2, -0.15) is 13.2 Å². The Hall–Kier alpha value is -1.56. The first-order chi connectivity index (χ1) is 7.38. The molecule has 0 saturated carbocycles. The van der Waals surface area contributed by atoms with Gasteiger partial charge >= 0.3 is 12.1 Å². The molecule has 0 heterocycles. The Bertz CT molecular complexity index is 387. The van der Waals surface area contributed by atoms with Crippen molar-refractivity contribution in [3.05, 3.63) is 35.4 Å². The van der Waals surface area contributed by atoms with E-state index in [1.807, 2.05) is 0 Å². The zero-order chi connectivity index (χ0) is 12.3. The molecule has 0 aliphatic rings. The van der Waals surface area contributed by atoms with Crippen molar-refractivity contribution < 1.29 is 27.8 Å². The molecule has 88 valence electrons. The van der Waals surface area contributed by atoms with Crippen LogP contribution in [0.5, 0.6) is 0 Å². The highest BCUT2D eigenvalue weighted by atomic mass is 19.4. The van der Waals surface area contributed by atoms with Crippen molar-refractivity contribution in [2.45, 2.75) is 12.3 Å². The third kappa shape index (κ3) is 2.52. The number of hydrogen-bond donors (Lipinski definition) is 1. The largest absolute Gasteiger partial charge is 0.467 e. The van der Waals surface area contributed by atoms with E-state index in [1.54, 1.807) is 0 Å². The minimum absolute atomic E-state index is 0.512. The fraction of sp³-hybridized carbons (Fsp3) is 0.300. The number of halogens is 3. The number of esters is 1. The van der Waals surface area contributed by atoms with Crippen molar-refractivity contribution in [3.63, 3.8) is 0 Å². The Morgan fingerprint density at radius 1 is 1.38 bits per heavy atom. The van der Waals surface area contributed by atoms with Crippen LogP contribution in [0.25, 0.3) is 0 Å². The lowest BCUT2D eigenvalue weighted by Crippen LogP contribution is -2.18. The predicted molar refractivity (Wildman–Crippen MR) is 48.4 cm³/mol. The third-order valence-electron chi connectivity index (χ3n) is 1.99. The molecule has 1 atom stereocenters. The van der Waals surface area contributed by atoms with Gasteiger partial charge in [-0.15, -0.1) is 0 Å². The first kappa shape index (κ1) is 12.5. The lowest BCUT2D eigenvalue weighted by molar-refractivity contribution is -0.152. The number of aliphatic hydroxyl groups is 1. The van der Waals surface area contributed by atoms with Crippen LogP contribution in [0.3, 0.4) is 0 Å². The van der Waals surface area contributed by atoms with E-state index in [2.05, 4.69) is 4.74 Å². The average Bonchev–Trinajstić information content (AvgIpc) is 2.26. The van der Waals surface area contributed by atoms with Crippen molar-refractivity contribution in [1.29, 1.82) is 0 Å². The fourth-order valence-electron chi connectivity index (χ4n) is 1.23. The van der Waals surface area contributed by atoms with Gasteiger partial charge in [-0.05, 0) is 6.07 Å². The first-order valence-electron chi connectivity index (χ1n) is 4.30. The van der Waals surface area contributed by atoms with E-state index in [9.17, 15) is 23.1 Å². The summed E-state index contributed by atoms with van der Waals surface area (Å²) < 4.78 is 41.7. The smallest absolute Gasteiger partial charge is 0.416 e. The van der Waals surface area contributed by atoms with Gasteiger partial charge in [0.25, 0.3) is 0 Å². The molecule has 6 heteroatoms. The molecule has 0 saturated heterocycles. The summed E-state index contributed by atoms with van der Waals surface area (Å²) in [6.45, 7) is 0. The van der Waals surface area contributed by atoms with E-state index >= 15 is 0 Å². The van der Waals surface area contributed by atoms with Crippen LogP contribution in [0, 0.1) is 0 Å². The van der Waals surface area contributed by atoms with Crippen LogP contribution in [0.2, 0.25) is 0 Å². The molecule has 1 aromatic rings. The van der Waals surface area contributed by atoms with Gasteiger partial charge in [-0.1, -0.05) is 18.2 Å². The number of carbonyl (C=O) groups excluding carboxylic acids is 1. The van der Waals surface area contributed by atoms with E-state index < -0.39 is 29.4 Å². The molecule has 1 aromatic carbocycles. The molecular weight excluding hydrogens is 225 g/mol. The van der Waals surface area contributed by atoms with Crippen LogP contribution in [0.1, 0.15) is 17.2 Å². The molecule has 0 spiro atoms. The van der Waals surface area contributed by atoms with Gasteiger partial charge in [-0.25, -0.2) is 4.79 Å². The summed E-state index contributed by atoms with van der Waals surface area (Å²) in [4.78, 5) is 11.0. The molecule has 1 rings (SSSR count). The Morgan fingerprint density at radius 3 is 2.44 bits per heavy atom. The molecule has 0 fully saturated rings. The molecule has 0 aliphatic carbocycles. The fourth-order valence-corrected chi connectivity index (χ4v) is 1.23. The van der Waals surface area contributed by atoms with Crippen molar-refractivity contribution in [3.8, 4) is 0 Å². The Morgan fingerprint density at radius 2 is 1.94 bits per heavy atom. The summed E-state index contributed by atoms with van der Waals surface area (Å²) in [5, 5.41) is 9.36. The summed E-state index contributed by atoms with van der Waals surface area (Å²) in [5.41, 5.74) is -1.56. The molecule has 16 heavy (non-hydrogen) atoms. The molecule has 0 radical (unpaired) electrons. The zero-order valence-corrected chi connectivity index (χ0v) is 8.28. The lowest BCUT2D eigenvalue weighted by Gasteiger charge is -2.15. The van der Waals surface area contributed by atoms with Crippen molar-refractivity contribution in [1.82, 2.24) is 0 Å². The number of alkyl halides is 3. The molecule has 0 aliphatic heterocycles. The molecule has 3 nitrogen and oxygen atoms in total. The van der Waals surface area contributed by atoms with Crippen LogP contribution in [0.15, 0.2) is 24.3 Å². The highest BCUT2D eigenvalue weighted by Gasteiger charge is 2.36. The number of carbonyl (C=O) groups is 1. The summed E-state index contributed by atoms with van der Waals surface area (Å²) in [6.07, 6.45) is -6.55. The van der Waals surface area contributed by atoms with Crippen molar-refractivity contribution in [2.75, 3.05) is 7.11 Å². The summed E-state index contributed by atoms with van der Waals surface area (Å²) in [7, 11) is 0.988. The maximum atomic E-state index is 12.5. The molecule has 0 amide bonds. The highest BCUT2D eigenvalue weighted by Crippen LogP contribution is 2.34. The van der Waals surface area contributed by atoms with Gasteiger partial charge in [-0.3, -0.25) is 0 Å². The molecule has 0 unspecified atom stereocenters. The molecule has 0 bridgehead atoms. The second-order valence-electron chi connectivity index (χ2n) is 3.01. The average molecular weight is 234 g/mol. The number of aliphatic hydroxyl groups excluding tert-OH is 1. The van der Waals surface area contributed by atoms with Crippen molar-refractivity contribution >= 4 is 5.97 Å². The quantitative estimate of drug-likeness (QED) is 0.795. The van der Waals surface area contributed by atoms with Gasteiger partial charge in [0, 0.05) is 5.56 Å². The first-order valence-corrected chi connectivity index (χ1v) is 4.30. The normalized spacial score (nSPS) is 13.3. The van der Waals surface area contributed by atoms with E-state index in [0.29, 0.717) is 0 Å². The summed E-state index contributed by atoms with van der Waals surface area (Å²) in [6, 6.07) is 4.30.